The van der Waals surface area contributed by atoms with E-state index in [0.29, 0.717) is 68.0 Å². The fraction of sp³-hybridized carbons (Fsp3) is 0.290. The fourth-order valence-corrected chi connectivity index (χ4v) is 5.62. The summed E-state index contributed by atoms with van der Waals surface area (Å²) in [5.74, 6) is -0.707. The Bertz CT molecular complexity index is 1610. The first kappa shape index (κ1) is 27.4. The third-order valence-electron chi connectivity index (χ3n) is 7.66. The molecule has 216 valence electrons. The van der Waals surface area contributed by atoms with Crippen molar-refractivity contribution in [3.63, 3.8) is 0 Å². The van der Waals surface area contributed by atoms with Gasteiger partial charge in [-0.05, 0) is 30.7 Å². The zero-order valence-electron chi connectivity index (χ0n) is 23.4. The van der Waals surface area contributed by atoms with Crippen molar-refractivity contribution in [1.82, 2.24) is 14.5 Å². The molecular formula is C31H31FN6O4. The molecule has 4 aromatic rings. The van der Waals surface area contributed by atoms with Gasteiger partial charge < -0.3 is 29.2 Å². The van der Waals surface area contributed by atoms with E-state index in [1.54, 1.807) is 19.2 Å². The summed E-state index contributed by atoms with van der Waals surface area (Å²) in [6.45, 7) is 5.18. The highest BCUT2D eigenvalue weighted by molar-refractivity contribution is 6.47. The van der Waals surface area contributed by atoms with Crippen LogP contribution in [0.25, 0.3) is 11.1 Å². The monoisotopic (exact) mass is 570 g/mol. The molecule has 0 bridgehead atoms. The molecule has 10 nitrogen and oxygen atoms in total. The highest BCUT2D eigenvalue weighted by atomic mass is 19.1. The molecule has 6 rings (SSSR count). The fourth-order valence-electron chi connectivity index (χ4n) is 5.62. The number of Topliss-reactive ketones (excluding diaryl/α,β-unsaturated/α-hetero) is 1. The van der Waals surface area contributed by atoms with Gasteiger partial charge in [0.25, 0.3) is 11.7 Å². The van der Waals surface area contributed by atoms with Crippen LogP contribution in [-0.4, -0.2) is 72.2 Å². The first-order valence-electron chi connectivity index (χ1n) is 13.8. The minimum Gasteiger partial charge on any atom is -0.489 e. The summed E-state index contributed by atoms with van der Waals surface area (Å²) in [7, 11) is 1.60. The number of piperazine rings is 1. The number of nitrogens with zero attached hydrogens (tertiary/aromatic N) is 5. The van der Waals surface area contributed by atoms with E-state index in [2.05, 4.69) is 20.2 Å². The molecule has 0 spiro atoms. The molecule has 1 fully saturated rings. The lowest BCUT2D eigenvalue weighted by molar-refractivity contribution is -0.112. The molecule has 2 aromatic carbocycles. The van der Waals surface area contributed by atoms with Crippen LogP contribution in [0.1, 0.15) is 16.2 Å². The highest BCUT2D eigenvalue weighted by Crippen LogP contribution is 2.38. The quantitative estimate of drug-likeness (QED) is 0.251. The number of amides is 1. The molecule has 1 amide bonds. The summed E-state index contributed by atoms with van der Waals surface area (Å²) >= 11 is 0. The van der Waals surface area contributed by atoms with Crippen molar-refractivity contribution < 1.29 is 23.5 Å². The van der Waals surface area contributed by atoms with Crippen LogP contribution < -0.4 is 19.9 Å². The third kappa shape index (κ3) is 5.30. The number of aromatic nitrogens is 3. The number of nitrogens with one attached hydrogen (secondary N) is 1. The normalized spacial score (nSPS) is 15.9. The smallest absolute Gasteiger partial charge is 0.298 e. The Morgan fingerprint density at radius 1 is 1.10 bits per heavy atom. The lowest BCUT2D eigenvalue weighted by atomic mass is 10.0. The minimum atomic E-state index is -0.731. The molecule has 2 aliphatic rings. The number of hydrogen-bond acceptors (Lipinski definition) is 8. The number of ether oxygens (including phenoxy) is 2. The molecule has 0 saturated carbocycles. The van der Waals surface area contributed by atoms with Crippen molar-refractivity contribution in [3.05, 3.63) is 84.2 Å². The standard InChI is InChI=1S/C31H31FN6O4/c1-20-14-25(21-6-4-3-5-7-21)28(37(20)12-13-41-2)29(39)30(40)35-23-8-9-26-27(15-23)42-19-24-18-36(10-11-38(24)26)31-33-16-22(32)17-34-31/h3-9,14-17,24H,10-13,18-19H2,1-2H3,(H,35,40)/t24-/m1/s1. The number of aryl methyl sites for hydroxylation is 1. The van der Waals surface area contributed by atoms with E-state index in [1.807, 2.05) is 58.9 Å². The van der Waals surface area contributed by atoms with E-state index >= 15 is 0 Å². The Balaban J connectivity index is 1.19. The number of carbonyl (C=O) groups is 2. The van der Waals surface area contributed by atoms with Gasteiger partial charge in [0.1, 0.15) is 18.1 Å². The predicted octanol–water partition coefficient (Wildman–Crippen LogP) is 3.95. The van der Waals surface area contributed by atoms with Crippen LogP contribution in [0.4, 0.5) is 21.7 Å². The second kappa shape index (κ2) is 11.6. The van der Waals surface area contributed by atoms with Gasteiger partial charge in [-0.1, -0.05) is 30.3 Å². The van der Waals surface area contributed by atoms with Gasteiger partial charge in [0.15, 0.2) is 5.82 Å². The summed E-state index contributed by atoms with van der Waals surface area (Å²) in [6.07, 6.45) is 2.34. The number of hydrogen-bond donors (Lipinski definition) is 1. The number of anilines is 3. The number of carbonyl (C=O) groups excluding carboxylic acids is 2. The first-order valence-corrected chi connectivity index (χ1v) is 13.8. The van der Waals surface area contributed by atoms with E-state index in [9.17, 15) is 14.0 Å². The molecule has 0 radical (unpaired) electrons. The molecule has 4 heterocycles. The lowest BCUT2D eigenvalue weighted by Crippen LogP contribution is -2.57. The number of rotatable bonds is 8. The molecule has 1 N–H and O–H groups in total. The SMILES string of the molecule is COCCn1c(C)cc(-c2ccccc2)c1C(=O)C(=O)Nc1ccc2c(c1)OC[C@H]1CN(c3ncc(F)cn3)CCN21. The molecule has 1 atom stereocenters. The molecule has 0 aliphatic carbocycles. The number of benzene rings is 2. The van der Waals surface area contributed by atoms with E-state index in [-0.39, 0.29) is 6.04 Å². The molecule has 2 aliphatic heterocycles. The van der Waals surface area contributed by atoms with Crippen LogP contribution in [0.15, 0.2) is 67.0 Å². The summed E-state index contributed by atoms with van der Waals surface area (Å²) in [4.78, 5) is 39.4. The van der Waals surface area contributed by atoms with Crippen LogP contribution in [-0.2, 0) is 16.1 Å². The Hall–Kier alpha value is -4.77. The van der Waals surface area contributed by atoms with Gasteiger partial charge >= 0.3 is 0 Å². The van der Waals surface area contributed by atoms with Crippen molar-refractivity contribution >= 4 is 29.0 Å². The average Bonchev–Trinajstić information content (AvgIpc) is 3.35. The Morgan fingerprint density at radius 3 is 2.64 bits per heavy atom. The maximum Gasteiger partial charge on any atom is 0.298 e. The minimum absolute atomic E-state index is 0.0569. The van der Waals surface area contributed by atoms with Crippen LogP contribution in [0, 0.1) is 12.7 Å². The van der Waals surface area contributed by atoms with E-state index in [4.69, 9.17) is 9.47 Å². The van der Waals surface area contributed by atoms with E-state index in [1.165, 1.54) is 12.4 Å². The Morgan fingerprint density at radius 2 is 1.88 bits per heavy atom. The topological polar surface area (TPSA) is 102 Å². The van der Waals surface area contributed by atoms with Gasteiger partial charge in [-0.3, -0.25) is 9.59 Å². The summed E-state index contributed by atoms with van der Waals surface area (Å²) in [6, 6.07) is 17.0. The van der Waals surface area contributed by atoms with Gasteiger partial charge in [0.2, 0.25) is 5.95 Å². The van der Waals surface area contributed by atoms with Gasteiger partial charge in [0, 0.05) is 56.3 Å². The molecule has 0 unspecified atom stereocenters. The van der Waals surface area contributed by atoms with Gasteiger partial charge in [0.05, 0.1) is 30.7 Å². The number of methoxy groups -OCH3 is 1. The van der Waals surface area contributed by atoms with E-state index in [0.717, 1.165) is 16.9 Å². The number of ketones is 1. The molecule has 11 heteroatoms. The van der Waals surface area contributed by atoms with E-state index < -0.39 is 17.5 Å². The van der Waals surface area contributed by atoms with Crippen LogP contribution >= 0.6 is 0 Å². The maximum absolute atomic E-state index is 13.6. The third-order valence-corrected chi connectivity index (χ3v) is 7.66. The summed E-state index contributed by atoms with van der Waals surface area (Å²) < 4.78 is 26.4. The first-order chi connectivity index (χ1) is 20.4. The van der Waals surface area contributed by atoms with Crippen LogP contribution in [0.3, 0.4) is 0 Å². The molecule has 2 aromatic heterocycles. The molecule has 42 heavy (non-hydrogen) atoms. The lowest BCUT2D eigenvalue weighted by Gasteiger charge is -2.45. The Labute approximate surface area is 242 Å². The Kier molecular flexibility index (Phi) is 7.58. The average molecular weight is 571 g/mol. The second-order valence-electron chi connectivity index (χ2n) is 10.3. The zero-order valence-corrected chi connectivity index (χ0v) is 23.4. The van der Waals surface area contributed by atoms with Gasteiger partial charge in [-0.15, -0.1) is 0 Å². The summed E-state index contributed by atoms with van der Waals surface area (Å²) in [5.41, 5.74) is 4.13. The van der Waals surface area contributed by atoms with Crippen LogP contribution in [0.2, 0.25) is 0 Å². The number of fused-ring (bicyclic) bond motifs is 3. The van der Waals surface area contributed by atoms with Crippen molar-refractivity contribution in [2.24, 2.45) is 0 Å². The highest BCUT2D eigenvalue weighted by Gasteiger charge is 2.34. The zero-order chi connectivity index (χ0) is 29.2. The summed E-state index contributed by atoms with van der Waals surface area (Å²) in [5, 5.41) is 2.78. The molecule has 1 saturated heterocycles. The van der Waals surface area contributed by atoms with Crippen molar-refractivity contribution in [1.29, 1.82) is 0 Å². The maximum atomic E-state index is 13.6. The van der Waals surface area contributed by atoms with Gasteiger partial charge in [-0.25, -0.2) is 14.4 Å². The largest absolute Gasteiger partial charge is 0.489 e. The van der Waals surface area contributed by atoms with Crippen molar-refractivity contribution in [3.8, 4) is 16.9 Å². The van der Waals surface area contributed by atoms with Gasteiger partial charge in [-0.2, -0.15) is 0 Å². The molecular weight excluding hydrogens is 539 g/mol. The number of halogens is 1. The van der Waals surface area contributed by atoms with Crippen molar-refractivity contribution in [2.45, 2.75) is 19.5 Å². The van der Waals surface area contributed by atoms with Crippen LogP contribution in [0.5, 0.6) is 5.75 Å². The van der Waals surface area contributed by atoms with Crippen molar-refractivity contribution in [2.75, 3.05) is 55.1 Å². The predicted molar refractivity (Wildman–Crippen MR) is 157 cm³/mol. The second-order valence-corrected chi connectivity index (χ2v) is 10.3.